The van der Waals surface area contributed by atoms with Crippen molar-refractivity contribution in [3.8, 4) is 17.2 Å². The van der Waals surface area contributed by atoms with Gasteiger partial charge in [-0.15, -0.1) is 0 Å². The van der Waals surface area contributed by atoms with Gasteiger partial charge in [-0.1, -0.05) is 60.7 Å². The summed E-state index contributed by atoms with van der Waals surface area (Å²) in [4.78, 5) is 0. The van der Waals surface area contributed by atoms with Crippen molar-refractivity contribution >= 4 is 12.2 Å². The summed E-state index contributed by atoms with van der Waals surface area (Å²) < 4.78 is 19.1. The molecular weight excluding hydrogens is 372 g/mol. The van der Waals surface area contributed by atoms with E-state index < -0.39 is 0 Å². The zero-order chi connectivity index (χ0) is 19.9. The summed E-state index contributed by atoms with van der Waals surface area (Å²) in [5.41, 5.74) is 4.10. The number of fused-ring (bicyclic) bond motifs is 3. The van der Waals surface area contributed by atoms with Crippen LogP contribution in [0, 0.1) is 6.08 Å². The van der Waals surface area contributed by atoms with Gasteiger partial charge < -0.3 is 14.2 Å². The highest BCUT2D eigenvalue weighted by Crippen LogP contribution is 2.38. The molecule has 0 N–H and O–H groups in total. The minimum atomic E-state index is -0.308. The molecule has 3 unspecified atom stereocenters. The van der Waals surface area contributed by atoms with Gasteiger partial charge in [0.1, 0.15) is 23.4 Å². The van der Waals surface area contributed by atoms with Gasteiger partial charge in [-0.3, -0.25) is 0 Å². The Kier molecular flexibility index (Phi) is 3.98. The van der Waals surface area contributed by atoms with E-state index in [-0.39, 0.29) is 18.3 Å². The Bertz CT molecular complexity index is 1200. The number of para-hydroxylation sites is 3. The highest BCUT2D eigenvalue weighted by Gasteiger charge is 2.37. The maximum atomic E-state index is 6.47. The maximum absolute atomic E-state index is 6.47. The van der Waals surface area contributed by atoms with Gasteiger partial charge in [0.05, 0.1) is 0 Å². The lowest BCUT2D eigenvalue weighted by Crippen LogP contribution is -2.43. The third-order valence-corrected chi connectivity index (χ3v) is 5.63. The molecule has 0 amide bonds. The molecule has 0 aliphatic carbocycles. The van der Waals surface area contributed by atoms with Crippen LogP contribution in [0.4, 0.5) is 0 Å². The minimum Gasteiger partial charge on any atom is -0.481 e. The van der Waals surface area contributed by atoms with Gasteiger partial charge in [0.25, 0.3) is 0 Å². The molecule has 30 heavy (non-hydrogen) atoms. The summed E-state index contributed by atoms with van der Waals surface area (Å²) in [6.07, 6.45) is 10.8. The van der Waals surface area contributed by atoms with Crippen LogP contribution < -0.4 is 14.2 Å². The molecule has 1 radical (unpaired) electrons. The Balaban J connectivity index is 1.39. The Morgan fingerprint density at radius 3 is 2.23 bits per heavy atom. The third kappa shape index (κ3) is 2.91. The molecular formula is C27H19O3. The van der Waals surface area contributed by atoms with E-state index in [1.807, 2.05) is 66.7 Å². The second kappa shape index (κ2) is 6.96. The number of rotatable bonds is 2. The van der Waals surface area contributed by atoms with E-state index in [1.165, 1.54) is 0 Å². The van der Waals surface area contributed by atoms with Crippen molar-refractivity contribution in [1.82, 2.24) is 0 Å². The predicted molar refractivity (Wildman–Crippen MR) is 117 cm³/mol. The van der Waals surface area contributed by atoms with Crippen molar-refractivity contribution < 1.29 is 14.2 Å². The van der Waals surface area contributed by atoms with Crippen molar-refractivity contribution in [1.29, 1.82) is 0 Å². The van der Waals surface area contributed by atoms with Gasteiger partial charge in [0.2, 0.25) is 0 Å². The van der Waals surface area contributed by atoms with Crippen LogP contribution in [0.3, 0.4) is 0 Å². The molecule has 3 heterocycles. The number of hydrogen-bond donors (Lipinski definition) is 0. The molecule has 3 nitrogen and oxygen atoms in total. The zero-order valence-corrected chi connectivity index (χ0v) is 16.2. The smallest absolute Gasteiger partial charge is 0.164 e. The van der Waals surface area contributed by atoms with Crippen LogP contribution in [0.5, 0.6) is 17.2 Å². The molecule has 3 atom stereocenters. The van der Waals surface area contributed by atoms with Crippen LogP contribution in [-0.2, 0) is 0 Å². The molecule has 3 heteroatoms. The van der Waals surface area contributed by atoms with Crippen LogP contribution in [0.25, 0.3) is 12.2 Å². The van der Waals surface area contributed by atoms with Crippen LogP contribution in [0.15, 0.2) is 90.5 Å². The molecule has 3 aliphatic heterocycles. The fourth-order valence-corrected chi connectivity index (χ4v) is 4.14. The topological polar surface area (TPSA) is 27.7 Å². The summed E-state index contributed by atoms with van der Waals surface area (Å²) in [6, 6.07) is 24.0. The van der Waals surface area contributed by atoms with Gasteiger partial charge in [0.15, 0.2) is 12.2 Å². The quantitative estimate of drug-likeness (QED) is 0.579. The SMILES string of the molecule is [C]1=CC(C2=Cc3ccccc3OC2C2C=Cc3ccccc3O2)Oc2ccccc21. The van der Waals surface area contributed by atoms with Crippen molar-refractivity contribution in [2.75, 3.05) is 0 Å². The summed E-state index contributed by atoms with van der Waals surface area (Å²) in [7, 11) is 0. The molecule has 0 fully saturated rings. The predicted octanol–water partition coefficient (Wildman–Crippen LogP) is 5.47. The van der Waals surface area contributed by atoms with Gasteiger partial charge in [-0.25, -0.2) is 0 Å². The number of ether oxygens (including phenoxy) is 3. The fraction of sp³-hybridized carbons (Fsp3) is 0.111. The Hall–Kier alpha value is -3.72. The van der Waals surface area contributed by atoms with Crippen molar-refractivity contribution in [3.63, 3.8) is 0 Å². The summed E-state index contributed by atoms with van der Waals surface area (Å²) in [5, 5.41) is 0. The number of hydrogen-bond acceptors (Lipinski definition) is 3. The Morgan fingerprint density at radius 2 is 1.37 bits per heavy atom. The summed E-state index contributed by atoms with van der Waals surface area (Å²) in [5.74, 6) is 2.55. The molecule has 0 saturated carbocycles. The van der Waals surface area contributed by atoms with Crippen molar-refractivity contribution in [3.05, 3.63) is 113 Å². The summed E-state index contributed by atoms with van der Waals surface area (Å²) >= 11 is 0. The van der Waals surface area contributed by atoms with Crippen LogP contribution in [0.2, 0.25) is 0 Å². The molecule has 6 rings (SSSR count). The van der Waals surface area contributed by atoms with Gasteiger partial charge >= 0.3 is 0 Å². The summed E-state index contributed by atoms with van der Waals surface area (Å²) in [6.45, 7) is 0. The molecule has 0 bridgehead atoms. The highest BCUT2D eigenvalue weighted by molar-refractivity contribution is 5.66. The second-order valence-corrected chi connectivity index (χ2v) is 7.55. The zero-order valence-electron chi connectivity index (χ0n) is 16.2. The average Bonchev–Trinajstić information content (AvgIpc) is 2.82. The average molecular weight is 391 g/mol. The third-order valence-electron chi connectivity index (χ3n) is 5.63. The van der Waals surface area contributed by atoms with E-state index in [9.17, 15) is 0 Å². The first kappa shape index (κ1) is 17.2. The van der Waals surface area contributed by atoms with Crippen molar-refractivity contribution in [2.24, 2.45) is 0 Å². The first-order valence-corrected chi connectivity index (χ1v) is 10.1. The lowest BCUT2D eigenvalue weighted by atomic mass is 9.91. The lowest BCUT2D eigenvalue weighted by molar-refractivity contribution is 0.0896. The minimum absolute atomic E-state index is 0.256. The van der Waals surface area contributed by atoms with Crippen molar-refractivity contribution in [2.45, 2.75) is 18.3 Å². The number of benzene rings is 3. The van der Waals surface area contributed by atoms with E-state index in [0.717, 1.165) is 39.5 Å². The standard InChI is InChI=1S/C27H19O3/c1-4-10-22-18(7-1)13-15-25(28-22)21-17-20-9-3-6-12-24(20)30-27(21)26-16-14-19-8-2-5-11-23(19)29-26/h1-12,14-17,25-27H. The molecule has 3 aliphatic rings. The van der Waals surface area contributed by atoms with Gasteiger partial charge in [0, 0.05) is 22.3 Å². The van der Waals surface area contributed by atoms with Crippen LogP contribution in [-0.4, -0.2) is 18.3 Å². The maximum Gasteiger partial charge on any atom is 0.164 e. The van der Waals surface area contributed by atoms with E-state index in [2.05, 4.69) is 36.4 Å². The molecule has 0 spiro atoms. The Morgan fingerprint density at radius 1 is 0.667 bits per heavy atom. The first-order chi connectivity index (χ1) is 14.8. The fourth-order valence-electron chi connectivity index (χ4n) is 4.14. The highest BCUT2D eigenvalue weighted by atomic mass is 16.5. The Labute approximate surface area is 175 Å². The molecule has 3 aromatic carbocycles. The largest absolute Gasteiger partial charge is 0.481 e. The molecule has 145 valence electrons. The second-order valence-electron chi connectivity index (χ2n) is 7.55. The molecule has 0 saturated heterocycles. The van der Waals surface area contributed by atoms with E-state index in [0.29, 0.717) is 0 Å². The lowest BCUT2D eigenvalue weighted by Gasteiger charge is -2.36. The molecule has 3 aromatic rings. The van der Waals surface area contributed by atoms with E-state index in [4.69, 9.17) is 14.2 Å². The van der Waals surface area contributed by atoms with Gasteiger partial charge in [-0.2, -0.15) is 0 Å². The van der Waals surface area contributed by atoms with E-state index in [1.54, 1.807) is 0 Å². The molecule has 0 aromatic heterocycles. The normalized spacial score (nSPS) is 23.1. The monoisotopic (exact) mass is 391 g/mol. The van der Waals surface area contributed by atoms with Gasteiger partial charge in [-0.05, 0) is 42.5 Å². The van der Waals surface area contributed by atoms with Crippen LogP contribution >= 0.6 is 0 Å². The van der Waals surface area contributed by atoms with E-state index >= 15 is 0 Å². The van der Waals surface area contributed by atoms with Crippen LogP contribution in [0.1, 0.15) is 16.7 Å². The first-order valence-electron chi connectivity index (χ1n) is 10.1.